The van der Waals surface area contributed by atoms with Crippen molar-refractivity contribution in [2.75, 3.05) is 0 Å². The summed E-state index contributed by atoms with van der Waals surface area (Å²) in [6.45, 7) is 1.37. The van der Waals surface area contributed by atoms with Crippen LogP contribution in [0.15, 0.2) is 42.5 Å². The van der Waals surface area contributed by atoms with E-state index in [1.807, 2.05) is 36.4 Å². The minimum atomic E-state index is -1.78. The van der Waals surface area contributed by atoms with Gasteiger partial charge in [-0.1, -0.05) is 42.5 Å². The maximum absolute atomic E-state index is 9.54. The molecule has 2 nitrogen and oxygen atoms in total. The normalized spacial score (nSPS) is 11.9. The van der Waals surface area contributed by atoms with Gasteiger partial charge in [0.1, 0.15) is 0 Å². The van der Waals surface area contributed by atoms with Crippen LogP contribution in [-0.4, -0.2) is 10.2 Å². The molecule has 0 aromatic heterocycles. The molecule has 0 spiro atoms. The first-order valence-corrected chi connectivity index (χ1v) is 4.52. The molecule has 0 aliphatic carbocycles. The highest BCUT2D eigenvalue weighted by atomic mass is 16.5. The molecule has 2 heteroatoms. The van der Waals surface area contributed by atoms with Gasteiger partial charge in [0.15, 0.2) is 5.79 Å². The van der Waals surface area contributed by atoms with Crippen LogP contribution in [0.1, 0.15) is 12.5 Å². The molecule has 0 unspecified atom stereocenters. The van der Waals surface area contributed by atoms with E-state index in [1.165, 1.54) is 6.92 Å². The second-order valence-corrected chi connectivity index (χ2v) is 3.55. The molecule has 0 aliphatic heterocycles. The van der Waals surface area contributed by atoms with Crippen molar-refractivity contribution in [3.63, 3.8) is 0 Å². The molecular weight excluding hydrogens is 176 g/mol. The van der Waals surface area contributed by atoms with Crippen LogP contribution in [0.3, 0.4) is 0 Å². The zero-order valence-electron chi connectivity index (χ0n) is 7.94. The summed E-state index contributed by atoms with van der Waals surface area (Å²) in [4.78, 5) is 0. The maximum Gasteiger partial charge on any atom is 0.187 e. The quantitative estimate of drug-likeness (QED) is 0.672. The topological polar surface area (TPSA) is 40.5 Å². The van der Waals surface area contributed by atoms with E-state index in [1.54, 1.807) is 6.07 Å². The molecule has 14 heavy (non-hydrogen) atoms. The van der Waals surface area contributed by atoms with Crippen molar-refractivity contribution in [2.45, 2.75) is 12.7 Å². The van der Waals surface area contributed by atoms with Gasteiger partial charge in [-0.3, -0.25) is 0 Å². The summed E-state index contributed by atoms with van der Waals surface area (Å²) in [6.07, 6.45) is 0. The standard InChI is InChI=1S/C12H12O2/c1-12(13,14)11-8-4-6-9-5-2-3-7-10(9)11/h2-8,13-14H,1H3. The van der Waals surface area contributed by atoms with E-state index in [0.717, 1.165) is 10.8 Å². The molecule has 0 fully saturated rings. The number of rotatable bonds is 1. The van der Waals surface area contributed by atoms with Crippen molar-refractivity contribution < 1.29 is 10.2 Å². The van der Waals surface area contributed by atoms with E-state index in [9.17, 15) is 10.2 Å². The smallest absolute Gasteiger partial charge is 0.187 e. The van der Waals surface area contributed by atoms with Crippen LogP contribution in [0.4, 0.5) is 0 Å². The Bertz CT molecular complexity index is 450. The molecule has 0 aliphatic rings. The Kier molecular flexibility index (Phi) is 2.02. The van der Waals surface area contributed by atoms with E-state index in [2.05, 4.69) is 0 Å². The summed E-state index contributed by atoms with van der Waals surface area (Å²) in [5.41, 5.74) is 0.538. The lowest BCUT2D eigenvalue weighted by molar-refractivity contribution is -0.151. The Morgan fingerprint density at radius 3 is 2.29 bits per heavy atom. The van der Waals surface area contributed by atoms with Crippen LogP contribution in [0.25, 0.3) is 10.8 Å². The molecule has 2 N–H and O–H groups in total. The summed E-state index contributed by atoms with van der Waals surface area (Å²) < 4.78 is 0. The number of hydrogen-bond donors (Lipinski definition) is 2. The van der Waals surface area contributed by atoms with Crippen molar-refractivity contribution >= 4 is 10.8 Å². The van der Waals surface area contributed by atoms with Gasteiger partial charge < -0.3 is 10.2 Å². The third-order valence-electron chi connectivity index (χ3n) is 2.30. The predicted octanol–water partition coefficient (Wildman–Crippen LogP) is 2.00. The Balaban J connectivity index is 2.78. The van der Waals surface area contributed by atoms with E-state index >= 15 is 0 Å². The van der Waals surface area contributed by atoms with Crippen LogP contribution >= 0.6 is 0 Å². The molecule has 0 radical (unpaired) electrons. The number of fused-ring (bicyclic) bond motifs is 1. The zero-order chi connectivity index (χ0) is 10.2. The first-order valence-electron chi connectivity index (χ1n) is 4.52. The fourth-order valence-electron chi connectivity index (χ4n) is 1.64. The monoisotopic (exact) mass is 188 g/mol. The minimum absolute atomic E-state index is 0.538. The lowest BCUT2D eigenvalue weighted by Gasteiger charge is -2.18. The summed E-state index contributed by atoms with van der Waals surface area (Å²) in [5.74, 6) is -1.78. The molecule has 72 valence electrons. The summed E-state index contributed by atoms with van der Waals surface area (Å²) >= 11 is 0. The average Bonchev–Trinajstić information content (AvgIpc) is 2.15. The maximum atomic E-state index is 9.54. The molecule has 0 atom stereocenters. The average molecular weight is 188 g/mol. The number of aliphatic hydroxyl groups is 2. The molecule has 2 aromatic rings. The third-order valence-corrected chi connectivity index (χ3v) is 2.30. The van der Waals surface area contributed by atoms with Crippen molar-refractivity contribution in [1.29, 1.82) is 0 Å². The molecule has 0 saturated carbocycles. The van der Waals surface area contributed by atoms with Gasteiger partial charge in [-0.25, -0.2) is 0 Å². The van der Waals surface area contributed by atoms with Gasteiger partial charge in [0.05, 0.1) is 0 Å². The van der Waals surface area contributed by atoms with Crippen LogP contribution < -0.4 is 0 Å². The molecule has 2 aromatic carbocycles. The second-order valence-electron chi connectivity index (χ2n) is 3.55. The lowest BCUT2D eigenvalue weighted by Crippen LogP contribution is -2.19. The molecule has 0 amide bonds. The van der Waals surface area contributed by atoms with Gasteiger partial charge in [-0.2, -0.15) is 0 Å². The highest BCUT2D eigenvalue weighted by Gasteiger charge is 2.20. The fraction of sp³-hybridized carbons (Fsp3) is 0.167. The van der Waals surface area contributed by atoms with Crippen molar-refractivity contribution in [1.82, 2.24) is 0 Å². The fourth-order valence-corrected chi connectivity index (χ4v) is 1.64. The zero-order valence-corrected chi connectivity index (χ0v) is 7.94. The first kappa shape index (κ1) is 9.19. The summed E-state index contributed by atoms with van der Waals surface area (Å²) in [6, 6.07) is 13.1. The van der Waals surface area contributed by atoms with E-state index in [-0.39, 0.29) is 0 Å². The summed E-state index contributed by atoms with van der Waals surface area (Å²) in [5, 5.41) is 21.0. The first-order chi connectivity index (χ1) is 6.59. The van der Waals surface area contributed by atoms with Crippen LogP contribution in [0.2, 0.25) is 0 Å². The minimum Gasteiger partial charge on any atom is -0.362 e. The van der Waals surface area contributed by atoms with Gasteiger partial charge in [0.2, 0.25) is 0 Å². The van der Waals surface area contributed by atoms with Crippen molar-refractivity contribution in [3.8, 4) is 0 Å². The van der Waals surface area contributed by atoms with Crippen molar-refractivity contribution in [3.05, 3.63) is 48.0 Å². The SMILES string of the molecule is CC(O)(O)c1cccc2ccccc12. The number of benzene rings is 2. The molecule has 0 heterocycles. The third kappa shape index (κ3) is 1.50. The van der Waals surface area contributed by atoms with Crippen LogP contribution in [0, 0.1) is 0 Å². The van der Waals surface area contributed by atoms with E-state index in [0.29, 0.717) is 5.56 Å². The van der Waals surface area contributed by atoms with Crippen LogP contribution in [-0.2, 0) is 5.79 Å². The molecule has 0 saturated heterocycles. The summed E-state index contributed by atoms with van der Waals surface area (Å²) in [7, 11) is 0. The van der Waals surface area contributed by atoms with Gasteiger partial charge in [0.25, 0.3) is 0 Å². The van der Waals surface area contributed by atoms with Gasteiger partial charge >= 0.3 is 0 Å². The predicted molar refractivity (Wildman–Crippen MR) is 55.7 cm³/mol. The second kappa shape index (κ2) is 3.08. The Labute approximate surface area is 82.4 Å². The lowest BCUT2D eigenvalue weighted by atomic mass is 9.99. The van der Waals surface area contributed by atoms with Gasteiger partial charge in [-0.05, 0) is 17.7 Å². The molecule has 2 rings (SSSR count). The van der Waals surface area contributed by atoms with E-state index < -0.39 is 5.79 Å². The largest absolute Gasteiger partial charge is 0.362 e. The molecular formula is C12H12O2. The van der Waals surface area contributed by atoms with Crippen LogP contribution in [0.5, 0.6) is 0 Å². The molecule has 0 bridgehead atoms. The Hall–Kier alpha value is -1.38. The van der Waals surface area contributed by atoms with Gasteiger partial charge in [-0.15, -0.1) is 0 Å². The Morgan fingerprint density at radius 1 is 0.929 bits per heavy atom. The Morgan fingerprint density at radius 2 is 1.57 bits per heavy atom. The van der Waals surface area contributed by atoms with Gasteiger partial charge in [0, 0.05) is 5.56 Å². The number of hydrogen-bond acceptors (Lipinski definition) is 2. The van der Waals surface area contributed by atoms with E-state index in [4.69, 9.17) is 0 Å². The van der Waals surface area contributed by atoms with Crippen molar-refractivity contribution in [2.24, 2.45) is 0 Å². The highest BCUT2D eigenvalue weighted by Crippen LogP contribution is 2.26. The highest BCUT2D eigenvalue weighted by molar-refractivity contribution is 5.86.